The molecule has 0 saturated carbocycles. The molecule has 0 bridgehead atoms. The van der Waals surface area contributed by atoms with Gasteiger partial charge < -0.3 is 24.1 Å². The number of unbranched alkanes of at least 4 members (excludes halogenated alkanes) is 1. The second kappa shape index (κ2) is 14.6. The van der Waals surface area contributed by atoms with Crippen LogP contribution >= 0.6 is 0 Å². The summed E-state index contributed by atoms with van der Waals surface area (Å²) < 4.78 is 21.3. The van der Waals surface area contributed by atoms with Crippen molar-refractivity contribution in [3.8, 4) is 11.5 Å². The lowest BCUT2D eigenvalue weighted by molar-refractivity contribution is -0.138. The molecule has 2 rings (SSSR count). The summed E-state index contributed by atoms with van der Waals surface area (Å²) in [6.45, 7) is 3.96. The highest BCUT2D eigenvalue weighted by molar-refractivity contribution is 5.87. The van der Waals surface area contributed by atoms with E-state index in [1.165, 1.54) is 0 Å². The zero-order chi connectivity index (χ0) is 24.8. The van der Waals surface area contributed by atoms with Crippen LogP contribution in [0.15, 0.2) is 60.2 Å². The molecule has 0 unspecified atom stereocenters. The molecule has 34 heavy (non-hydrogen) atoms. The van der Waals surface area contributed by atoms with E-state index >= 15 is 0 Å². The Morgan fingerprint density at radius 2 is 1.74 bits per heavy atom. The average molecular weight is 472 g/mol. The first-order valence-corrected chi connectivity index (χ1v) is 11.3. The van der Waals surface area contributed by atoms with E-state index in [0.717, 1.165) is 5.56 Å². The fourth-order valence-electron chi connectivity index (χ4n) is 3.14. The van der Waals surface area contributed by atoms with E-state index in [-0.39, 0.29) is 19.2 Å². The number of hydrogen-bond acceptors (Lipinski definition) is 7. The van der Waals surface area contributed by atoms with Crippen LogP contribution in [0, 0.1) is 0 Å². The van der Waals surface area contributed by atoms with Crippen molar-refractivity contribution in [1.82, 2.24) is 0 Å². The fourth-order valence-corrected chi connectivity index (χ4v) is 3.14. The van der Waals surface area contributed by atoms with Gasteiger partial charge >= 0.3 is 12.1 Å². The summed E-state index contributed by atoms with van der Waals surface area (Å²) in [6, 6.07) is 14.2. The molecule has 184 valence electrons. The molecule has 2 aromatic rings. The Morgan fingerprint density at radius 1 is 1.06 bits per heavy atom. The maximum absolute atomic E-state index is 12.6. The van der Waals surface area contributed by atoms with E-state index in [0.29, 0.717) is 48.6 Å². The highest BCUT2D eigenvalue weighted by atomic mass is 16.6. The van der Waals surface area contributed by atoms with Crippen molar-refractivity contribution in [2.24, 2.45) is 0 Å². The van der Waals surface area contributed by atoms with Gasteiger partial charge in [-0.15, -0.1) is 0 Å². The standard InChI is InChI=1S/C26H33NO7/c1-4-32-25(29)19(2)7-5-6-8-24(20-9-13-23(14-10-20)33-18-17-28)34-26(30)27-21-11-15-22(31-3)16-12-21/h7,9-16,24,28H,4-6,8,17-18H2,1-3H3,(H,27,30)/b19-7+/t24-/m1/s1. The second-order valence-corrected chi connectivity index (χ2v) is 7.43. The van der Waals surface area contributed by atoms with Gasteiger partial charge in [0.1, 0.15) is 24.2 Å². The smallest absolute Gasteiger partial charge is 0.412 e. The number of rotatable bonds is 13. The molecule has 0 saturated heterocycles. The molecule has 2 N–H and O–H groups in total. The molecule has 0 spiro atoms. The van der Waals surface area contributed by atoms with Crippen LogP contribution in [-0.4, -0.2) is 44.1 Å². The van der Waals surface area contributed by atoms with Crippen molar-refractivity contribution in [2.45, 2.75) is 39.2 Å². The van der Waals surface area contributed by atoms with E-state index < -0.39 is 12.2 Å². The van der Waals surface area contributed by atoms with Crippen molar-refractivity contribution < 1.29 is 33.6 Å². The Hall–Kier alpha value is -3.52. The van der Waals surface area contributed by atoms with E-state index in [1.54, 1.807) is 57.4 Å². The molecule has 0 aliphatic carbocycles. The Balaban J connectivity index is 2.04. The molecule has 0 aliphatic rings. The third-order valence-electron chi connectivity index (χ3n) is 4.92. The Kier molecular flexibility index (Phi) is 11.5. The van der Waals surface area contributed by atoms with Crippen molar-refractivity contribution >= 4 is 17.7 Å². The number of carbonyl (C=O) groups is 2. The van der Waals surface area contributed by atoms with Gasteiger partial charge in [-0.2, -0.15) is 0 Å². The molecular weight excluding hydrogens is 438 g/mol. The van der Waals surface area contributed by atoms with Crippen LogP contribution in [-0.2, 0) is 14.3 Å². The van der Waals surface area contributed by atoms with Crippen molar-refractivity contribution in [3.05, 3.63) is 65.7 Å². The number of aliphatic hydroxyl groups is 1. The Labute approximate surface area is 200 Å². The van der Waals surface area contributed by atoms with Gasteiger partial charge in [0.25, 0.3) is 0 Å². The minimum absolute atomic E-state index is 0.0717. The number of benzene rings is 2. The second-order valence-electron chi connectivity index (χ2n) is 7.43. The van der Waals surface area contributed by atoms with Crippen LogP contribution in [0.1, 0.15) is 44.8 Å². The first-order valence-electron chi connectivity index (χ1n) is 11.3. The first-order chi connectivity index (χ1) is 16.5. The summed E-state index contributed by atoms with van der Waals surface area (Å²) in [4.78, 5) is 24.3. The number of amides is 1. The average Bonchev–Trinajstić information content (AvgIpc) is 2.85. The number of methoxy groups -OCH3 is 1. The van der Waals surface area contributed by atoms with E-state index in [9.17, 15) is 9.59 Å². The molecule has 0 aliphatic heterocycles. The molecule has 8 nitrogen and oxygen atoms in total. The number of esters is 1. The number of allylic oxidation sites excluding steroid dienone is 1. The predicted molar refractivity (Wildman–Crippen MR) is 129 cm³/mol. The summed E-state index contributed by atoms with van der Waals surface area (Å²) in [5.74, 6) is 0.978. The van der Waals surface area contributed by atoms with Crippen molar-refractivity contribution in [3.63, 3.8) is 0 Å². The van der Waals surface area contributed by atoms with E-state index in [1.807, 2.05) is 18.2 Å². The van der Waals surface area contributed by atoms with Gasteiger partial charge in [0, 0.05) is 11.3 Å². The fraction of sp³-hybridized carbons (Fsp3) is 0.385. The Morgan fingerprint density at radius 3 is 2.35 bits per heavy atom. The first kappa shape index (κ1) is 26.7. The monoisotopic (exact) mass is 471 g/mol. The van der Waals surface area contributed by atoms with Crippen LogP contribution in [0.5, 0.6) is 11.5 Å². The summed E-state index contributed by atoms with van der Waals surface area (Å²) in [7, 11) is 1.57. The van der Waals surface area contributed by atoms with Crippen LogP contribution in [0.3, 0.4) is 0 Å². The van der Waals surface area contributed by atoms with Gasteiger partial charge in [-0.05, 0) is 75.1 Å². The number of nitrogens with one attached hydrogen (secondary N) is 1. The van der Waals surface area contributed by atoms with Gasteiger partial charge in [0.05, 0.1) is 20.3 Å². The zero-order valence-electron chi connectivity index (χ0n) is 19.9. The van der Waals surface area contributed by atoms with Gasteiger partial charge in [-0.3, -0.25) is 5.32 Å². The minimum atomic E-state index is -0.575. The number of hydrogen-bond donors (Lipinski definition) is 2. The van der Waals surface area contributed by atoms with Gasteiger partial charge in [-0.1, -0.05) is 18.2 Å². The summed E-state index contributed by atoms with van der Waals surface area (Å²) in [5, 5.41) is 11.6. The molecule has 2 aromatic carbocycles. The lowest BCUT2D eigenvalue weighted by Crippen LogP contribution is -2.17. The van der Waals surface area contributed by atoms with Gasteiger partial charge in [-0.25, -0.2) is 9.59 Å². The van der Waals surface area contributed by atoms with Crippen LogP contribution < -0.4 is 14.8 Å². The molecule has 1 amide bonds. The zero-order valence-corrected chi connectivity index (χ0v) is 19.9. The van der Waals surface area contributed by atoms with Crippen LogP contribution in [0.2, 0.25) is 0 Å². The summed E-state index contributed by atoms with van der Waals surface area (Å²) in [5.41, 5.74) is 1.96. The molecule has 0 aromatic heterocycles. The number of anilines is 1. The molecule has 1 atom stereocenters. The maximum Gasteiger partial charge on any atom is 0.412 e. The van der Waals surface area contributed by atoms with E-state index in [2.05, 4.69) is 5.32 Å². The largest absolute Gasteiger partial charge is 0.497 e. The molecule has 8 heteroatoms. The van der Waals surface area contributed by atoms with E-state index in [4.69, 9.17) is 24.1 Å². The van der Waals surface area contributed by atoms with Crippen molar-refractivity contribution in [2.75, 3.05) is 32.2 Å². The number of aliphatic hydroxyl groups excluding tert-OH is 1. The van der Waals surface area contributed by atoms with Crippen molar-refractivity contribution in [1.29, 1.82) is 0 Å². The molecular formula is C26H33NO7. The molecule has 0 heterocycles. The topological polar surface area (TPSA) is 103 Å². The minimum Gasteiger partial charge on any atom is -0.497 e. The lowest BCUT2D eigenvalue weighted by Gasteiger charge is -2.19. The molecule has 0 radical (unpaired) electrons. The summed E-state index contributed by atoms with van der Waals surface area (Å²) in [6.07, 6.45) is 2.65. The maximum atomic E-state index is 12.6. The highest BCUT2D eigenvalue weighted by Gasteiger charge is 2.17. The summed E-state index contributed by atoms with van der Waals surface area (Å²) >= 11 is 0. The number of carbonyl (C=O) groups excluding carboxylic acids is 2. The third kappa shape index (κ3) is 9.15. The quantitative estimate of drug-likeness (QED) is 0.240. The highest BCUT2D eigenvalue weighted by Crippen LogP contribution is 2.27. The normalized spacial score (nSPS) is 11.9. The Bertz CT molecular complexity index is 923. The van der Waals surface area contributed by atoms with Crippen LogP contribution in [0.25, 0.3) is 0 Å². The predicted octanol–water partition coefficient (Wildman–Crippen LogP) is 5.04. The van der Waals surface area contributed by atoms with Gasteiger partial charge in [0.2, 0.25) is 0 Å². The lowest BCUT2D eigenvalue weighted by atomic mass is 10.0. The van der Waals surface area contributed by atoms with Crippen LogP contribution in [0.4, 0.5) is 10.5 Å². The number of ether oxygens (including phenoxy) is 4. The molecule has 0 fully saturated rings. The SMILES string of the molecule is CCOC(=O)/C(C)=C/CCC[C@@H](OC(=O)Nc1ccc(OC)cc1)c1ccc(OCCO)cc1. The van der Waals surface area contributed by atoms with Gasteiger partial charge in [0.15, 0.2) is 0 Å². The third-order valence-corrected chi connectivity index (χ3v) is 4.92.